The van der Waals surface area contributed by atoms with Crippen LogP contribution in [-0.4, -0.2) is 48.9 Å². The normalized spacial score (nSPS) is 20.6. The van der Waals surface area contributed by atoms with E-state index in [1.165, 1.54) is 5.56 Å². The van der Waals surface area contributed by atoms with Gasteiger partial charge in [-0.15, -0.1) is 0 Å². The van der Waals surface area contributed by atoms with Crippen LogP contribution in [0.2, 0.25) is 0 Å². The van der Waals surface area contributed by atoms with Crippen molar-refractivity contribution >= 4 is 5.91 Å². The van der Waals surface area contributed by atoms with Gasteiger partial charge < -0.3 is 9.80 Å². The van der Waals surface area contributed by atoms with Crippen LogP contribution in [0.25, 0.3) is 0 Å². The number of benzene rings is 1. The monoisotopic (exact) mass is 289 g/mol. The van der Waals surface area contributed by atoms with Crippen molar-refractivity contribution in [2.24, 2.45) is 0 Å². The molecule has 4 heteroatoms. The molecule has 1 amide bonds. The second-order valence-corrected chi connectivity index (χ2v) is 6.52. The minimum Gasteiger partial charge on any atom is -0.318 e. The van der Waals surface area contributed by atoms with Crippen molar-refractivity contribution in [2.45, 2.75) is 38.9 Å². The van der Waals surface area contributed by atoms with Crippen molar-refractivity contribution in [3.8, 4) is 0 Å². The molecule has 0 aliphatic carbocycles. The summed E-state index contributed by atoms with van der Waals surface area (Å²) in [6.45, 7) is 7.79. The lowest BCUT2D eigenvalue weighted by Gasteiger charge is -2.32. The molecule has 0 saturated carbocycles. The highest BCUT2D eigenvalue weighted by molar-refractivity contribution is 5.81. The first-order valence-electron chi connectivity index (χ1n) is 7.69. The molecule has 0 aromatic heterocycles. The first kappa shape index (κ1) is 16.0. The number of carbonyl (C=O) groups is 1. The van der Waals surface area contributed by atoms with Gasteiger partial charge in [-0.2, -0.15) is 0 Å². The van der Waals surface area contributed by atoms with E-state index in [9.17, 15) is 4.79 Å². The summed E-state index contributed by atoms with van der Waals surface area (Å²) in [7, 11) is 4.08. The minimum atomic E-state index is -0.00587. The summed E-state index contributed by atoms with van der Waals surface area (Å²) in [6.07, 6.45) is -0.00587. The van der Waals surface area contributed by atoms with Crippen LogP contribution in [0.4, 0.5) is 0 Å². The Hall–Kier alpha value is -1.39. The third-order valence-electron chi connectivity index (χ3n) is 4.04. The Morgan fingerprint density at radius 1 is 1.24 bits per heavy atom. The summed E-state index contributed by atoms with van der Waals surface area (Å²) < 4.78 is 0. The second kappa shape index (κ2) is 6.58. The predicted molar refractivity (Wildman–Crippen MR) is 86.1 cm³/mol. The maximum atomic E-state index is 12.2. The maximum absolute atomic E-state index is 12.2. The predicted octanol–water partition coefficient (Wildman–Crippen LogP) is 2.19. The molecule has 21 heavy (non-hydrogen) atoms. The van der Waals surface area contributed by atoms with Crippen LogP contribution in [0, 0.1) is 0 Å². The largest absolute Gasteiger partial charge is 0.318 e. The van der Waals surface area contributed by atoms with E-state index in [0.717, 1.165) is 12.1 Å². The van der Waals surface area contributed by atoms with Gasteiger partial charge in [0.1, 0.15) is 6.17 Å². The molecule has 1 aromatic carbocycles. The number of nitrogens with zero attached hydrogens (tertiary/aromatic N) is 2. The molecule has 4 nitrogen and oxygen atoms in total. The molecule has 2 atom stereocenters. The molecule has 1 saturated heterocycles. The zero-order chi connectivity index (χ0) is 15.6. The van der Waals surface area contributed by atoms with Crippen molar-refractivity contribution < 1.29 is 4.79 Å². The van der Waals surface area contributed by atoms with Gasteiger partial charge in [-0.25, -0.2) is 0 Å². The fraction of sp³-hybridized carbons (Fsp3) is 0.588. The summed E-state index contributed by atoms with van der Waals surface area (Å²) in [5, 5.41) is 3.33. The van der Waals surface area contributed by atoms with Gasteiger partial charge in [-0.3, -0.25) is 10.1 Å². The van der Waals surface area contributed by atoms with Gasteiger partial charge in [-0.1, -0.05) is 38.1 Å². The zero-order valence-electron chi connectivity index (χ0n) is 13.8. The van der Waals surface area contributed by atoms with Gasteiger partial charge in [0.15, 0.2) is 0 Å². The van der Waals surface area contributed by atoms with Crippen molar-refractivity contribution in [1.82, 2.24) is 15.1 Å². The average Bonchev–Trinajstić information content (AvgIpc) is 2.80. The molecule has 1 aliphatic heterocycles. The van der Waals surface area contributed by atoms with Crippen LogP contribution < -0.4 is 5.32 Å². The van der Waals surface area contributed by atoms with Crippen molar-refractivity contribution in [3.05, 3.63) is 35.4 Å². The maximum Gasteiger partial charge on any atom is 0.238 e. The molecular weight excluding hydrogens is 262 g/mol. The fourth-order valence-corrected chi connectivity index (χ4v) is 2.98. The molecule has 1 N–H and O–H groups in total. The SMILES string of the molecule is CC(C)c1ccc(C2NCC(=O)N2C(C)CN(C)C)cc1. The number of hydrogen-bond donors (Lipinski definition) is 1. The van der Waals surface area contributed by atoms with E-state index in [1.807, 2.05) is 19.0 Å². The molecule has 0 spiro atoms. The minimum absolute atomic E-state index is 0.00587. The second-order valence-electron chi connectivity index (χ2n) is 6.52. The van der Waals surface area contributed by atoms with Gasteiger partial charge in [-0.05, 0) is 38.1 Å². The number of likely N-dealkylation sites (N-methyl/N-ethyl adjacent to an activating group) is 1. The third-order valence-corrected chi connectivity index (χ3v) is 4.04. The number of hydrogen-bond acceptors (Lipinski definition) is 3. The quantitative estimate of drug-likeness (QED) is 0.902. The van der Waals surface area contributed by atoms with E-state index < -0.39 is 0 Å². The molecule has 1 aliphatic rings. The molecule has 116 valence electrons. The first-order chi connectivity index (χ1) is 9.90. The molecule has 1 heterocycles. The summed E-state index contributed by atoms with van der Waals surface area (Å²) >= 11 is 0. The van der Waals surface area contributed by atoms with Crippen LogP contribution in [0.3, 0.4) is 0 Å². The molecule has 0 bridgehead atoms. The van der Waals surface area contributed by atoms with Crippen LogP contribution in [-0.2, 0) is 4.79 Å². The van der Waals surface area contributed by atoms with Crippen LogP contribution in [0.1, 0.15) is 44.0 Å². The van der Waals surface area contributed by atoms with Crippen molar-refractivity contribution in [2.75, 3.05) is 27.2 Å². The Balaban J connectivity index is 2.18. The molecular formula is C17H27N3O. The first-order valence-corrected chi connectivity index (χ1v) is 7.69. The standard InChI is InChI=1S/C17H27N3O/c1-12(2)14-6-8-15(9-7-14)17-18-10-16(21)20(17)13(3)11-19(4)5/h6-9,12-13,17-18H,10-11H2,1-5H3. The van der Waals surface area contributed by atoms with Gasteiger partial charge in [0.2, 0.25) is 5.91 Å². The summed E-state index contributed by atoms with van der Waals surface area (Å²) in [5.41, 5.74) is 2.49. The lowest BCUT2D eigenvalue weighted by molar-refractivity contribution is -0.130. The van der Waals surface area contributed by atoms with E-state index >= 15 is 0 Å². The lowest BCUT2D eigenvalue weighted by Crippen LogP contribution is -2.43. The van der Waals surface area contributed by atoms with Crippen LogP contribution in [0.15, 0.2) is 24.3 Å². The van der Waals surface area contributed by atoms with Crippen molar-refractivity contribution in [3.63, 3.8) is 0 Å². The topological polar surface area (TPSA) is 35.6 Å². The zero-order valence-corrected chi connectivity index (χ0v) is 13.8. The van der Waals surface area contributed by atoms with Gasteiger partial charge in [0.05, 0.1) is 6.54 Å². The van der Waals surface area contributed by atoms with Crippen LogP contribution >= 0.6 is 0 Å². The van der Waals surface area contributed by atoms with E-state index in [0.29, 0.717) is 12.5 Å². The van der Waals surface area contributed by atoms with Gasteiger partial charge >= 0.3 is 0 Å². The number of nitrogens with one attached hydrogen (secondary N) is 1. The van der Waals surface area contributed by atoms with E-state index in [1.54, 1.807) is 0 Å². The Kier molecular flexibility index (Phi) is 5.01. The summed E-state index contributed by atoms with van der Waals surface area (Å²) in [5.74, 6) is 0.711. The van der Waals surface area contributed by atoms with E-state index in [-0.39, 0.29) is 18.1 Å². The number of amides is 1. The lowest BCUT2D eigenvalue weighted by atomic mass is 10.0. The van der Waals surface area contributed by atoms with Crippen LogP contribution in [0.5, 0.6) is 0 Å². The summed E-state index contributed by atoms with van der Waals surface area (Å²) in [6, 6.07) is 8.80. The molecule has 2 rings (SSSR count). The fourth-order valence-electron chi connectivity index (χ4n) is 2.98. The third kappa shape index (κ3) is 3.63. The van der Waals surface area contributed by atoms with E-state index in [2.05, 4.69) is 55.3 Å². The van der Waals surface area contributed by atoms with Crippen molar-refractivity contribution in [1.29, 1.82) is 0 Å². The average molecular weight is 289 g/mol. The highest BCUT2D eigenvalue weighted by Crippen LogP contribution is 2.26. The molecule has 2 unspecified atom stereocenters. The van der Waals surface area contributed by atoms with Gasteiger partial charge in [0, 0.05) is 12.6 Å². The van der Waals surface area contributed by atoms with E-state index in [4.69, 9.17) is 0 Å². The highest BCUT2D eigenvalue weighted by atomic mass is 16.2. The number of rotatable bonds is 5. The van der Waals surface area contributed by atoms with Gasteiger partial charge in [0.25, 0.3) is 0 Å². The Labute approximate surface area is 128 Å². The molecule has 0 radical (unpaired) electrons. The number of carbonyl (C=O) groups excluding carboxylic acids is 1. The smallest absolute Gasteiger partial charge is 0.238 e. The molecule has 1 fully saturated rings. The Bertz CT molecular complexity index is 481. The summed E-state index contributed by atoms with van der Waals surface area (Å²) in [4.78, 5) is 16.3. The molecule has 1 aromatic rings. The Morgan fingerprint density at radius 3 is 2.38 bits per heavy atom. The highest BCUT2D eigenvalue weighted by Gasteiger charge is 2.34. The Morgan fingerprint density at radius 2 is 1.86 bits per heavy atom.